The van der Waals surface area contributed by atoms with E-state index < -0.39 is 35.4 Å². The first-order valence-corrected chi connectivity index (χ1v) is 13.4. The van der Waals surface area contributed by atoms with E-state index >= 15 is 0 Å². The quantitative estimate of drug-likeness (QED) is 0.560. The van der Waals surface area contributed by atoms with Crippen molar-refractivity contribution in [3.05, 3.63) is 48.6 Å². The molecule has 2 aromatic rings. The van der Waals surface area contributed by atoms with Crippen LogP contribution in [0.2, 0.25) is 0 Å². The molecule has 0 radical (unpaired) electrons. The molecule has 10 heteroatoms. The summed E-state index contributed by atoms with van der Waals surface area (Å²) >= 11 is 0. The van der Waals surface area contributed by atoms with Gasteiger partial charge in [0.05, 0.1) is 24.6 Å². The number of hydrogen-bond donors (Lipinski definition) is 2. The third-order valence-corrected chi connectivity index (χ3v) is 8.00. The van der Waals surface area contributed by atoms with Crippen LogP contribution in [0.4, 0.5) is 0 Å². The predicted octanol–water partition coefficient (Wildman–Crippen LogP) is 3.08. The van der Waals surface area contributed by atoms with E-state index in [1.54, 1.807) is 18.0 Å². The molecule has 3 aliphatic rings. The smallest absolute Gasteiger partial charge is 0.330 e. The minimum absolute atomic E-state index is 0.129. The van der Waals surface area contributed by atoms with Crippen LogP contribution in [0.15, 0.2) is 48.6 Å². The second-order valence-corrected chi connectivity index (χ2v) is 10.6. The summed E-state index contributed by atoms with van der Waals surface area (Å²) in [5.41, 5.74) is 0.172. The van der Waals surface area contributed by atoms with Crippen LogP contribution in [0.25, 0.3) is 11.3 Å². The van der Waals surface area contributed by atoms with E-state index in [4.69, 9.17) is 9.47 Å². The molecular weight excluding hydrogens is 500 g/mol. The summed E-state index contributed by atoms with van der Waals surface area (Å²) in [7, 11) is 3.23. The van der Waals surface area contributed by atoms with Gasteiger partial charge in [-0.25, -0.2) is 4.79 Å². The molecule has 2 N–H and O–H groups in total. The number of rotatable bonds is 5. The number of ether oxygens (including phenoxy) is 2. The first-order chi connectivity index (χ1) is 18.8. The van der Waals surface area contributed by atoms with Gasteiger partial charge in [0, 0.05) is 31.1 Å². The fraction of sp³-hybridized carbons (Fsp3) is 0.483. The molecule has 10 nitrogen and oxygen atoms in total. The first kappa shape index (κ1) is 26.6. The topological polar surface area (TPSA) is 131 Å². The number of aromatic nitrogens is 2. The third kappa shape index (κ3) is 5.60. The van der Waals surface area contributed by atoms with Gasteiger partial charge >= 0.3 is 12.0 Å². The second-order valence-electron chi connectivity index (χ2n) is 10.6. The van der Waals surface area contributed by atoms with Crippen LogP contribution in [0.3, 0.4) is 0 Å². The van der Waals surface area contributed by atoms with Crippen LogP contribution in [0.5, 0.6) is 11.9 Å². The SMILES string of the molecule is COc1nc(OC2CC3C(=O)NC4(C(=O)O)CC4/C=C/CCCCN(C)C(=O)C3C2)cc(-c2ccccc2)n1. The highest BCUT2D eigenvalue weighted by atomic mass is 16.5. The molecule has 0 saturated heterocycles. The van der Waals surface area contributed by atoms with Gasteiger partial charge in [0.2, 0.25) is 17.7 Å². The van der Waals surface area contributed by atoms with Crippen LogP contribution in [-0.4, -0.2) is 70.1 Å². The van der Waals surface area contributed by atoms with Gasteiger partial charge < -0.3 is 24.8 Å². The van der Waals surface area contributed by atoms with Crippen molar-refractivity contribution < 1.29 is 29.0 Å². The van der Waals surface area contributed by atoms with Crippen LogP contribution < -0.4 is 14.8 Å². The highest BCUT2D eigenvalue weighted by Gasteiger charge is 2.61. The Morgan fingerprint density at radius 3 is 2.64 bits per heavy atom. The zero-order valence-corrected chi connectivity index (χ0v) is 22.2. The van der Waals surface area contributed by atoms with Crippen molar-refractivity contribution in [2.75, 3.05) is 20.7 Å². The predicted molar refractivity (Wildman–Crippen MR) is 142 cm³/mol. The number of nitrogens with one attached hydrogen (secondary N) is 1. The molecule has 2 amide bonds. The van der Waals surface area contributed by atoms with Gasteiger partial charge in [-0.3, -0.25) is 9.59 Å². The van der Waals surface area contributed by atoms with Crippen molar-refractivity contribution in [2.45, 2.75) is 50.2 Å². The minimum atomic E-state index is -1.32. The molecular formula is C29H34N4O6. The fourth-order valence-corrected chi connectivity index (χ4v) is 5.67. The van der Waals surface area contributed by atoms with Crippen molar-refractivity contribution >= 4 is 17.8 Å². The lowest BCUT2D eigenvalue weighted by molar-refractivity contribution is -0.145. The van der Waals surface area contributed by atoms with E-state index in [9.17, 15) is 19.5 Å². The van der Waals surface area contributed by atoms with E-state index in [2.05, 4.69) is 15.3 Å². The number of hydrogen-bond acceptors (Lipinski definition) is 7. The molecule has 2 fully saturated rings. The largest absolute Gasteiger partial charge is 0.479 e. The number of allylic oxidation sites excluding steroid dienone is 1. The van der Waals surface area contributed by atoms with Crippen LogP contribution in [0, 0.1) is 17.8 Å². The molecule has 5 atom stereocenters. The van der Waals surface area contributed by atoms with Crippen molar-refractivity contribution in [2.24, 2.45) is 17.8 Å². The molecule has 1 aromatic heterocycles. The number of carboxylic acids is 1. The molecule has 1 aromatic carbocycles. The van der Waals surface area contributed by atoms with E-state index in [-0.39, 0.29) is 30.1 Å². The number of carboxylic acid groups (broad SMARTS) is 1. The number of carbonyl (C=O) groups excluding carboxylic acids is 2. The lowest BCUT2D eigenvalue weighted by Gasteiger charge is -2.26. The molecule has 2 heterocycles. The minimum Gasteiger partial charge on any atom is -0.479 e. The van der Waals surface area contributed by atoms with Crippen molar-refractivity contribution in [1.29, 1.82) is 0 Å². The summed E-state index contributed by atoms with van der Waals surface area (Å²) in [6.07, 6.45) is 6.86. The fourth-order valence-electron chi connectivity index (χ4n) is 5.67. The average molecular weight is 535 g/mol. The van der Waals surface area contributed by atoms with E-state index in [0.29, 0.717) is 25.1 Å². The number of methoxy groups -OCH3 is 1. The molecule has 39 heavy (non-hydrogen) atoms. The summed E-state index contributed by atoms with van der Waals surface area (Å²) in [5, 5.41) is 12.7. The average Bonchev–Trinajstić information content (AvgIpc) is 3.48. The number of fused-ring (bicyclic) bond motifs is 2. The maximum absolute atomic E-state index is 13.5. The van der Waals surface area contributed by atoms with Gasteiger partial charge in [-0.15, -0.1) is 0 Å². The number of carbonyl (C=O) groups is 3. The van der Waals surface area contributed by atoms with Gasteiger partial charge in [-0.2, -0.15) is 9.97 Å². The molecule has 0 bridgehead atoms. The normalized spacial score (nSPS) is 29.8. The molecule has 5 unspecified atom stereocenters. The number of benzene rings is 1. The Bertz CT molecular complexity index is 1270. The lowest BCUT2D eigenvalue weighted by atomic mass is 9.93. The highest BCUT2D eigenvalue weighted by molar-refractivity contribution is 5.94. The molecule has 0 spiro atoms. The summed E-state index contributed by atoms with van der Waals surface area (Å²) in [4.78, 5) is 49.6. The molecule has 5 rings (SSSR count). The van der Waals surface area contributed by atoms with Crippen molar-refractivity contribution in [3.8, 4) is 23.1 Å². The first-order valence-electron chi connectivity index (χ1n) is 13.4. The summed E-state index contributed by atoms with van der Waals surface area (Å²) < 4.78 is 11.5. The third-order valence-electron chi connectivity index (χ3n) is 8.00. The van der Waals surface area contributed by atoms with Gasteiger partial charge in [-0.1, -0.05) is 42.5 Å². The zero-order valence-electron chi connectivity index (χ0n) is 22.2. The molecule has 206 valence electrons. The van der Waals surface area contributed by atoms with Gasteiger partial charge in [0.1, 0.15) is 11.6 Å². The Kier molecular flexibility index (Phi) is 7.54. The molecule has 2 saturated carbocycles. The summed E-state index contributed by atoms with van der Waals surface area (Å²) in [6, 6.07) is 11.4. The number of aliphatic carboxylic acids is 1. The Balaban J connectivity index is 1.40. The Labute approximate surface area is 227 Å². The van der Waals surface area contributed by atoms with Crippen molar-refractivity contribution in [1.82, 2.24) is 20.2 Å². The standard InChI is InChI=1S/C29H34N4O6/c1-33-13-9-4-3-8-12-19-17-29(19,27(36)37)32-25(34)21-14-20(15-22(21)26(33)35)39-24-16-23(30-28(31-24)38-2)18-10-6-5-7-11-18/h5-8,10-12,16,19-22H,3-4,9,13-15,17H2,1-2H3,(H,32,34)(H,36,37)/b12-8+. The van der Waals surface area contributed by atoms with Gasteiger partial charge in [0.15, 0.2) is 0 Å². The summed E-state index contributed by atoms with van der Waals surface area (Å²) in [5.74, 6) is -2.91. The van der Waals surface area contributed by atoms with Gasteiger partial charge in [0.25, 0.3) is 0 Å². The Hall–Kier alpha value is -3.95. The van der Waals surface area contributed by atoms with Crippen LogP contribution in [-0.2, 0) is 14.4 Å². The Morgan fingerprint density at radius 1 is 1.13 bits per heavy atom. The van der Waals surface area contributed by atoms with Crippen molar-refractivity contribution in [3.63, 3.8) is 0 Å². The lowest BCUT2D eigenvalue weighted by Crippen LogP contribution is -2.49. The molecule has 2 aliphatic carbocycles. The summed E-state index contributed by atoms with van der Waals surface area (Å²) in [6.45, 7) is 0.592. The van der Waals surface area contributed by atoms with E-state index in [0.717, 1.165) is 24.8 Å². The zero-order chi connectivity index (χ0) is 27.6. The van der Waals surface area contributed by atoms with E-state index in [1.165, 1.54) is 7.11 Å². The van der Waals surface area contributed by atoms with Gasteiger partial charge in [-0.05, 0) is 38.5 Å². The second kappa shape index (κ2) is 11.0. The van der Waals surface area contributed by atoms with Crippen LogP contribution in [0.1, 0.15) is 38.5 Å². The Morgan fingerprint density at radius 2 is 1.90 bits per heavy atom. The maximum atomic E-state index is 13.5. The monoisotopic (exact) mass is 534 g/mol. The number of amides is 2. The highest BCUT2D eigenvalue weighted by Crippen LogP contribution is 2.46. The molecule has 1 aliphatic heterocycles. The van der Waals surface area contributed by atoms with E-state index in [1.807, 2.05) is 42.5 Å². The maximum Gasteiger partial charge on any atom is 0.330 e. The number of nitrogens with zero attached hydrogens (tertiary/aromatic N) is 3. The van der Waals surface area contributed by atoms with Crippen LogP contribution >= 0.6 is 0 Å².